The molecule has 7 heteroatoms. The quantitative estimate of drug-likeness (QED) is 0.864. The number of hydrogen-bond donors (Lipinski definition) is 1. The smallest absolute Gasteiger partial charge is 0.274 e. The lowest BCUT2D eigenvalue weighted by molar-refractivity contribution is -0.124. The van der Waals surface area contributed by atoms with E-state index in [1.165, 1.54) is 6.33 Å². The molecule has 0 spiro atoms. The molecule has 18 heavy (non-hydrogen) atoms. The lowest BCUT2D eigenvalue weighted by Gasteiger charge is -2.18. The third-order valence-corrected chi connectivity index (χ3v) is 3.42. The van der Waals surface area contributed by atoms with Crippen molar-refractivity contribution in [3.63, 3.8) is 0 Å². The van der Waals surface area contributed by atoms with Crippen LogP contribution in [0.15, 0.2) is 11.1 Å². The molecule has 100 valence electrons. The first-order valence-electron chi connectivity index (χ1n) is 5.61. The number of aromatic nitrogens is 2. The number of rotatable bonds is 4. The van der Waals surface area contributed by atoms with Crippen LogP contribution in [0.1, 0.15) is 33.2 Å². The Kier molecular flexibility index (Phi) is 5.16. The summed E-state index contributed by atoms with van der Waals surface area (Å²) < 4.78 is 1.16. The van der Waals surface area contributed by atoms with E-state index in [-0.39, 0.29) is 22.1 Å². The van der Waals surface area contributed by atoms with Gasteiger partial charge in [-0.3, -0.25) is 14.2 Å². The summed E-state index contributed by atoms with van der Waals surface area (Å²) in [6.07, 6.45) is 2.03. The predicted molar refractivity (Wildman–Crippen MR) is 71.1 cm³/mol. The molecule has 0 bridgehead atoms. The van der Waals surface area contributed by atoms with Crippen LogP contribution >= 0.6 is 23.2 Å². The van der Waals surface area contributed by atoms with Gasteiger partial charge in [0.1, 0.15) is 17.4 Å². The van der Waals surface area contributed by atoms with Crippen molar-refractivity contribution in [1.82, 2.24) is 14.9 Å². The number of carbonyl (C=O) groups excluding carboxylic acids is 1. The van der Waals surface area contributed by atoms with Gasteiger partial charge in [-0.1, -0.05) is 30.1 Å². The Balaban J connectivity index is 2.98. The van der Waals surface area contributed by atoms with E-state index in [1.54, 1.807) is 6.92 Å². The van der Waals surface area contributed by atoms with Crippen LogP contribution in [-0.4, -0.2) is 21.5 Å². The first kappa shape index (κ1) is 15.0. The number of amides is 1. The summed E-state index contributed by atoms with van der Waals surface area (Å²) in [6.45, 7) is 5.45. The normalized spacial score (nSPS) is 14.1. The molecule has 0 aliphatic rings. The van der Waals surface area contributed by atoms with Crippen LogP contribution in [0.3, 0.4) is 0 Å². The van der Waals surface area contributed by atoms with E-state index in [4.69, 9.17) is 23.2 Å². The third-order valence-electron chi connectivity index (χ3n) is 2.70. The second-order valence-electron chi connectivity index (χ2n) is 4.06. The highest BCUT2D eigenvalue weighted by Gasteiger charge is 2.19. The Morgan fingerprint density at radius 3 is 2.67 bits per heavy atom. The zero-order valence-corrected chi connectivity index (χ0v) is 11.9. The first-order valence-corrected chi connectivity index (χ1v) is 6.36. The van der Waals surface area contributed by atoms with Gasteiger partial charge in [-0.15, -0.1) is 0 Å². The Morgan fingerprint density at radius 2 is 2.11 bits per heavy atom. The summed E-state index contributed by atoms with van der Waals surface area (Å²) in [5.41, 5.74) is -0.525. The molecule has 0 saturated heterocycles. The fourth-order valence-corrected chi connectivity index (χ4v) is 1.56. The molecule has 0 aliphatic carbocycles. The van der Waals surface area contributed by atoms with Crippen molar-refractivity contribution < 1.29 is 4.79 Å². The van der Waals surface area contributed by atoms with Crippen molar-refractivity contribution in [2.75, 3.05) is 0 Å². The molecule has 0 aromatic carbocycles. The standard InChI is InChI=1S/C11H15Cl2N3O2/c1-4-6(2)15-10(17)7(3)16-5-14-9(13)8(12)11(16)18/h5-7H,4H2,1-3H3,(H,15,17). The van der Waals surface area contributed by atoms with Gasteiger partial charge in [0, 0.05) is 6.04 Å². The number of carbonyl (C=O) groups is 1. The lowest BCUT2D eigenvalue weighted by atomic mass is 10.2. The molecule has 1 aromatic rings. The van der Waals surface area contributed by atoms with Crippen LogP contribution in [0.25, 0.3) is 0 Å². The Hall–Kier alpha value is -1.07. The minimum absolute atomic E-state index is 0.0476. The number of hydrogen-bond acceptors (Lipinski definition) is 3. The Bertz CT molecular complexity index is 502. The van der Waals surface area contributed by atoms with Crippen LogP contribution < -0.4 is 10.9 Å². The number of nitrogens with one attached hydrogen (secondary N) is 1. The van der Waals surface area contributed by atoms with Gasteiger partial charge in [0.05, 0.1) is 0 Å². The van der Waals surface area contributed by atoms with E-state index in [0.717, 1.165) is 11.0 Å². The lowest BCUT2D eigenvalue weighted by Crippen LogP contribution is -2.40. The van der Waals surface area contributed by atoms with E-state index < -0.39 is 11.6 Å². The summed E-state index contributed by atoms with van der Waals surface area (Å²) in [4.78, 5) is 27.5. The molecule has 2 atom stereocenters. The third kappa shape index (κ3) is 3.23. The van der Waals surface area contributed by atoms with Gasteiger partial charge >= 0.3 is 0 Å². The Labute approximate surface area is 115 Å². The maximum Gasteiger partial charge on any atom is 0.274 e. The second-order valence-corrected chi connectivity index (χ2v) is 4.79. The van der Waals surface area contributed by atoms with E-state index in [0.29, 0.717) is 0 Å². The molecule has 2 unspecified atom stereocenters. The minimum Gasteiger partial charge on any atom is -0.352 e. The van der Waals surface area contributed by atoms with Gasteiger partial charge in [0.25, 0.3) is 5.56 Å². The minimum atomic E-state index is -0.686. The predicted octanol–water partition coefficient (Wildman–Crippen LogP) is 2.03. The zero-order chi connectivity index (χ0) is 13.9. The highest BCUT2D eigenvalue weighted by atomic mass is 35.5. The van der Waals surface area contributed by atoms with Gasteiger partial charge in [-0.25, -0.2) is 4.98 Å². The topological polar surface area (TPSA) is 64.0 Å². The van der Waals surface area contributed by atoms with Gasteiger partial charge in [-0.2, -0.15) is 0 Å². The van der Waals surface area contributed by atoms with Crippen LogP contribution in [0.4, 0.5) is 0 Å². The molecule has 5 nitrogen and oxygen atoms in total. The van der Waals surface area contributed by atoms with Gasteiger partial charge in [0.15, 0.2) is 5.15 Å². The fraction of sp³-hybridized carbons (Fsp3) is 0.545. The maximum atomic E-state index is 11.9. The molecule has 1 rings (SSSR count). The largest absolute Gasteiger partial charge is 0.352 e. The van der Waals surface area contributed by atoms with Gasteiger partial charge < -0.3 is 5.32 Å². The SMILES string of the molecule is CCC(C)NC(=O)C(C)n1cnc(Cl)c(Cl)c1=O. The number of halogens is 2. The molecule has 1 amide bonds. The molecule has 1 aromatic heterocycles. The van der Waals surface area contributed by atoms with E-state index >= 15 is 0 Å². The monoisotopic (exact) mass is 291 g/mol. The van der Waals surface area contributed by atoms with Crippen LogP contribution in [0.5, 0.6) is 0 Å². The number of nitrogens with zero attached hydrogens (tertiary/aromatic N) is 2. The molecule has 0 fully saturated rings. The van der Waals surface area contributed by atoms with Crippen molar-refractivity contribution in [3.05, 3.63) is 26.9 Å². The summed E-state index contributed by atoms with van der Waals surface area (Å²) in [7, 11) is 0. The van der Waals surface area contributed by atoms with Crippen LogP contribution in [-0.2, 0) is 4.79 Å². The molecule has 1 heterocycles. The summed E-state index contributed by atoms with van der Waals surface area (Å²) >= 11 is 11.3. The molecular formula is C11H15Cl2N3O2. The van der Waals surface area contributed by atoms with Gasteiger partial charge in [-0.05, 0) is 20.3 Å². The highest BCUT2D eigenvalue weighted by molar-refractivity contribution is 6.40. The van der Waals surface area contributed by atoms with Crippen molar-refractivity contribution in [2.24, 2.45) is 0 Å². The van der Waals surface area contributed by atoms with Crippen molar-refractivity contribution in [2.45, 2.75) is 39.3 Å². The van der Waals surface area contributed by atoms with Crippen molar-refractivity contribution in [3.8, 4) is 0 Å². The molecular weight excluding hydrogens is 277 g/mol. The van der Waals surface area contributed by atoms with E-state index in [9.17, 15) is 9.59 Å². The van der Waals surface area contributed by atoms with Crippen LogP contribution in [0.2, 0.25) is 10.2 Å². The molecule has 0 aliphatic heterocycles. The average Bonchev–Trinajstić information content (AvgIpc) is 2.35. The first-order chi connectivity index (χ1) is 8.38. The maximum absolute atomic E-state index is 11.9. The fourth-order valence-electron chi connectivity index (χ4n) is 1.29. The molecule has 0 radical (unpaired) electrons. The van der Waals surface area contributed by atoms with Crippen molar-refractivity contribution >= 4 is 29.1 Å². The summed E-state index contributed by atoms with van der Waals surface area (Å²) in [5, 5.41) is 2.55. The zero-order valence-electron chi connectivity index (χ0n) is 10.4. The van der Waals surface area contributed by atoms with Crippen LogP contribution in [0, 0.1) is 0 Å². The average molecular weight is 292 g/mol. The second kappa shape index (κ2) is 6.20. The highest BCUT2D eigenvalue weighted by Crippen LogP contribution is 2.14. The Morgan fingerprint density at radius 1 is 1.50 bits per heavy atom. The van der Waals surface area contributed by atoms with E-state index in [2.05, 4.69) is 10.3 Å². The molecule has 1 N–H and O–H groups in total. The van der Waals surface area contributed by atoms with Crippen molar-refractivity contribution in [1.29, 1.82) is 0 Å². The summed E-state index contributed by atoms with van der Waals surface area (Å²) in [6, 6.07) is -0.639. The molecule has 0 saturated carbocycles. The van der Waals surface area contributed by atoms with E-state index in [1.807, 2.05) is 13.8 Å². The summed E-state index contributed by atoms with van der Waals surface area (Å²) in [5.74, 6) is -0.258. The van der Waals surface area contributed by atoms with Gasteiger partial charge in [0.2, 0.25) is 5.91 Å².